The summed E-state index contributed by atoms with van der Waals surface area (Å²) in [6, 6.07) is 7.91. The molecule has 1 aromatic rings. The first-order valence-electron chi connectivity index (χ1n) is 9.65. The average molecular weight is 397 g/mol. The predicted molar refractivity (Wildman–Crippen MR) is 109 cm³/mol. The van der Waals surface area contributed by atoms with Crippen LogP contribution in [0.4, 0.5) is 4.79 Å². The van der Waals surface area contributed by atoms with Gasteiger partial charge in [-0.25, -0.2) is 4.79 Å². The number of hydrogen-bond acceptors (Lipinski definition) is 4. The minimum absolute atomic E-state index is 0.0167. The summed E-state index contributed by atoms with van der Waals surface area (Å²) in [5.74, 6) is 0.368. The molecule has 5 nitrogen and oxygen atoms in total. The Kier molecular flexibility index (Phi) is 7.95. The van der Waals surface area contributed by atoms with Crippen LogP contribution in [0.5, 0.6) is 0 Å². The minimum atomic E-state index is -0.463. The second kappa shape index (κ2) is 9.76. The molecule has 0 N–H and O–H groups in total. The summed E-state index contributed by atoms with van der Waals surface area (Å²) >= 11 is 6.05. The van der Waals surface area contributed by atoms with Gasteiger partial charge in [0.2, 0.25) is 0 Å². The van der Waals surface area contributed by atoms with Crippen molar-refractivity contribution in [1.82, 2.24) is 9.80 Å². The third-order valence-corrected chi connectivity index (χ3v) is 4.91. The molecule has 1 saturated heterocycles. The zero-order valence-corrected chi connectivity index (χ0v) is 18.0. The van der Waals surface area contributed by atoms with Gasteiger partial charge in [-0.05, 0) is 71.3 Å². The smallest absolute Gasteiger partial charge is 0.410 e. The van der Waals surface area contributed by atoms with Crippen molar-refractivity contribution in [3.63, 3.8) is 0 Å². The van der Waals surface area contributed by atoms with Gasteiger partial charge in [-0.1, -0.05) is 23.7 Å². The molecule has 1 fully saturated rings. The van der Waals surface area contributed by atoms with Gasteiger partial charge in [0, 0.05) is 24.7 Å². The number of carbonyl (C=O) groups is 1. The van der Waals surface area contributed by atoms with Crippen LogP contribution >= 0.6 is 11.6 Å². The number of rotatable bonds is 6. The third-order valence-electron chi connectivity index (χ3n) is 4.65. The van der Waals surface area contributed by atoms with Crippen molar-refractivity contribution in [3.8, 4) is 0 Å². The third kappa shape index (κ3) is 7.32. The van der Waals surface area contributed by atoms with E-state index in [1.165, 1.54) is 0 Å². The maximum absolute atomic E-state index is 12.3. The fourth-order valence-electron chi connectivity index (χ4n) is 3.23. The highest BCUT2D eigenvalue weighted by Crippen LogP contribution is 2.34. The van der Waals surface area contributed by atoms with Crippen molar-refractivity contribution in [3.05, 3.63) is 34.9 Å². The molecule has 1 aromatic carbocycles. The van der Waals surface area contributed by atoms with Crippen LogP contribution in [0.2, 0.25) is 5.02 Å². The quantitative estimate of drug-likeness (QED) is 0.704. The number of amides is 1. The summed E-state index contributed by atoms with van der Waals surface area (Å²) in [5, 5.41) is 0.727. The fraction of sp³-hybridized carbons (Fsp3) is 0.667. The molecular weight excluding hydrogens is 364 g/mol. The molecule has 1 aliphatic heterocycles. The Bertz CT molecular complexity index is 590. The van der Waals surface area contributed by atoms with E-state index in [-0.39, 0.29) is 12.2 Å². The molecular formula is C21H33ClN2O3. The van der Waals surface area contributed by atoms with Crippen molar-refractivity contribution in [2.24, 2.45) is 5.92 Å². The molecule has 0 aliphatic carbocycles. The summed E-state index contributed by atoms with van der Waals surface area (Å²) < 4.78 is 11.8. The fourth-order valence-corrected chi connectivity index (χ4v) is 3.36. The first-order chi connectivity index (χ1) is 12.7. The molecule has 0 unspecified atom stereocenters. The molecule has 2 rings (SSSR count). The normalized spacial score (nSPS) is 17.2. The maximum atomic E-state index is 12.3. The van der Waals surface area contributed by atoms with Gasteiger partial charge in [-0.2, -0.15) is 0 Å². The molecule has 1 amide bonds. The maximum Gasteiger partial charge on any atom is 0.410 e. The van der Waals surface area contributed by atoms with E-state index in [0.717, 1.165) is 30.0 Å². The molecule has 0 bridgehead atoms. The Morgan fingerprint density at radius 3 is 2.33 bits per heavy atom. The lowest BCUT2D eigenvalue weighted by molar-refractivity contribution is -0.0232. The molecule has 1 heterocycles. The molecule has 0 spiro atoms. The molecule has 0 radical (unpaired) electrons. The van der Waals surface area contributed by atoms with Gasteiger partial charge >= 0.3 is 6.09 Å². The zero-order chi connectivity index (χ0) is 20.0. The first-order valence-corrected chi connectivity index (χ1v) is 10.0. The van der Waals surface area contributed by atoms with Gasteiger partial charge in [0.05, 0.1) is 12.7 Å². The predicted octanol–water partition coefficient (Wildman–Crippen LogP) is 4.61. The number of nitrogens with zero attached hydrogens (tertiary/aromatic N) is 2. The Labute approximate surface area is 168 Å². The second-order valence-electron chi connectivity index (χ2n) is 8.45. The van der Waals surface area contributed by atoms with E-state index >= 15 is 0 Å². The Balaban J connectivity index is 2.00. The van der Waals surface area contributed by atoms with Crippen LogP contribution < -0.4 is 0 Å². The lowest BCUT2D eigenvalue weighted by Gasteiger charge is -2.37. The van der Waals surface area contributed by atoms with E-state index in [9.17, 15) is 4.79 Å². The van der Waals surface area contributed by atoms with Crippen molar-refractivity contribution in [2.75, 3.05) is 40.3 Å². The number of halogens is 1. The van der Waals surface area contributed by atoms with E-state index in [2.05, 4.69) is 4.90 Å². The largest absolute Gasteiger partial charge is 0.444 e. The van der Waals surface area contributed by atoms with E-state index in [4.69, 9.17) is 21.1 Å². The Morgan fingerprint density at radius 1 is 1.22 bits per heavy atom. The van der Waals surface area contributed by atoms with E-state index in [1.54, 1.807) is 4.90 Å². The number of benzene rings is 1. The summed E-state index contributed by atoms with van der Waals surface area (Å²) in [4.78, 5) is 16.2. The number of likely N-dealkylation sites (N-methyl/N-ethyl adjacent to an activating group) is 1. The second-order valence-corrected chi connectivity index (χ2v) is 8.89. The standard InChI is InChI=1S/C21H33ClN2O3/c1-21(2,3)27-20(25)24-12-10-17(11-13-24)19(26-15-14-23(4)5)16-6-8-18(22)9-7-16/h6-9,17,19H,10-15H2,1-5H3/t19-/m0/s1. The van der Waals surface area contributed by atoms with Crippen LogP contribution in [0.3, 0.4) is 0 Å². The van der Waals surface area contributed by atoms with Crippen molar-refractivity contribution < 1.29 is 14.3 Å². The van der Waals surface area contributed by atoms with Gasteiger partial charge < -0.3 is 19.3 Å². The zero-order valence-electron chi connectivity index (χ0n) is 17.2. The molecule has 1 atom stereocenters. The van der Waals surface area contributed by atoms with Crippen LogP contribution in [-0.4, -0.2) is 61.8 Å². The molecule has 0 saturated carbocycles. The lowest BCUT2D eigenvalue weighted by Crippen LogP contribution is -2.42. The number of piperidine rings is 1. The highest BCUT2D eigenvalue weighted by atomic mass is 35.5. The number of carbonyl (C=O) groups excluding carboxylic acids is 1. The van der Waals surface area contributed by atoms with Crippen LogP contribution in [0.25, 0.3) is 0 Å². The summed E-state index contributed by atoms with van der Waals surface area (Å²) in [7, 11) is 4.08. The van der Waals surface area contributed by atoms with Crippen LogP contribution in [-0.2, 0) is 9.47 Å². The Hall–Kier alpha value is -1.30. The van der Waals surface area contributed by atoms with Crippen molar-refractivity contribution in [2.45, 2.75) is 45.3 Å². The topological polar surface area (TPSA) is 42.0 Å². The molecule has 0 aromatic heterocycles. The van der Waals surface area contributed by atoms with Gasteiger partial charge in [-0.15, -0.1) is 0 Å². The SMILES string of the molecule is CN(C)CCO[C@@H](c1ccc(Cl)cc1)C1CCN(C(=O)OC(C)(C)C)CC1. The van der Waals surface area contributed by atoms with Gasteiger partial charge in [0.15, 0.2) is 0 Å². The number of likely N-dealkylation sites (tertiary alicyclic amines) is 1. The van der Waals surface area contributed by atoms with E-state index in [1.807, 2.05) is 59.1 Å². The highest BCUT2D eigenvalue weighted by Gasteiger charge is 2.31. The van der Waals surface area contributed by atoms with E-state index in [0.29, 0.717) is 25.6 Å². The molecule has 1 aliphatic rings. The van der Waals surface area contributed by atoms with Gasteiger partial charge in [-0.3, -0.25) is 0 Å². The van der Waals surface area contributed by atoms with Crippen LogP contribution in [0.15, 0.2) is 24.3 Å². The molecule has 27 heavy (non-hydrogen) atoms. The highest BCUT2D eigenvalue weighted by molar-refractivity contribution is 6.30. The number of hydrogen-bond donors (Lipinski definition) is 0. The number of ether oxygens (including phenoxy) is 2. The summed E-state index contributed by atoms with van der Waals surface area (Å²) in [6.07, 6.45) is 1.59. The van der Waals surface area contributed by atoms with E-state index < -0.39 is 5.60 Å². The van der Waals surface area contributed by atoms with Crippen molar-refractivity contribution >= 4 is 17.7 Å². The van der Waals surface area contributed by atoms with Gasteiger partial charge in [0.25, 0.3) is 0 Å². The Morgan fingerprint density at radius 2 is 1.81 bits per heavy atom. The monoisotopic (exact) mass is 396 g/mol. The average Bonchev–Trinajstić information content (AvgIpc) is 2.58. The lowest BCUT2D eigenvalue weighted by atomic mass is 9.87. The van der Waals surface area contributed by atoms with Crippen LogP contribution in [0.1, 0.15) is 45.3 Å². The molecule has 152 valence electrons. The van der Waals surface area contributed by atoms with Crippen LogP contribution in [0, 0.1) is 5.92 Å². The summed E-state index contributed by atoms with van der Waals surface area (Å²) in [6.45, 7) is 8.63. The first kappa shape index (κ1) is 22.0. The van der Waals surface area contributed by atoms with Gasteiger partial charge in [0.1, 0.15) is 5.60 Å². The summed E-state index contributed by atoms with van der Waals surface area (Å²) in [5.41, 5.74) is 0.684. The minimum Gasteiger partial charge on any atom is -0.444 e. The molecule has 6 heteroatoms. The van der Waals surface area contributed by atoms with Crippen molar-refractivity contribution in [1.29, 1.82) is 0 Å².